The third kappa shape index (κ3) is 5.62. The van der Waals surface area contributed by atoms with Crippen molar-refractivity contribution in [2.75, 3.05) is 4.90 Å². The number of hydrogen-bond acceptors (Lipinski definition) is 3. The van der Waals surface area contributed by atoms with Gasteiger partial charge in [0.15, 0.2) is 11.6 Å². The van der Waals surface area contributed by atoms with E-state index in [0.29, 0.717) is 0 Å². The lowest BCUT2D eigenvalue weighted by Crippen LogP contribution is -2.10. The quantitative estimate of drug-likeness (QED) is 0.153. The first kappa shape index (κ1) is 31.3. The van der Waals surface area contributed by atoms with Gasteiger partial charge in [-0.1, -0.05) is 110 Å². The first-order valence-electron chi connectivity index (χ1n) is 17.9. The van der Waals surface area contributed by atoms with Crippen molar-refractivity contribution in [2.24, 2.45) is 0 Å². The van der Waals surface area contributed by atoms with Gasteiger partial charge in [0.1, 0.15) is 0 Å². The fraction of sp³-hybridized carbons (Fsp3) is 0.0638. The molecule has 0 saturated carbocycles. The van der Waals surface area contributed by atoms with Crippen LogP contribution in [0.25, 0.3) is 56.0 Å². The van der Waals surface area contributed by atoms with Gasteiger partial charge >= 0.3 is 0 Å². The summed E-state index contributed by atoms with van der Waals surface area (Å²) in [4.78, 5) is 2.30. The van der Waals surface area contributed by atoms with Crippen molar-refractivity contribution in [2.45, 2.75) is 19.8 Å². The van der Waals surface area contributed by atoms with Crippen molar-refractivity contribution in [1.82, 2.24) is 19.3 Å². The Morgan fingerprint density at radius 2 is 0.865 bits per heavy atom. The molecule has 0 radical (unpaired) electrons. The molecule has 0 amide bonds. The van der Waals surface area contributed by atoms with Crippen molar-refractivity contribution in [3.05, 3.63) is 188 Å². The van der Waals surface area contributed by atoms with Gasteiger partial charge in [-0.05, 0) is 96.9 Å². The molecular weight excluding hydrogens is 635 g/mol. The van der Waals surface area contributed by atoms with E-state index in [1.54, 1.807) is 0 Å². The van der Waals surface area contributed by atoms with Crippen LogP contribution in [-0.4, -0.2) is 19.3 Å². The standard InChI is InChI=1S/C47H37N5/c1-2-13-34-22-24-35(25-23-34)46-48-49-47(52(46)38-16-7-4-8-17-38)36-26-28-39(29-27-36)50(37-14-5-3-6-15-37)40-30-32-41(33-31-40)51-44-20-11-9-18-42(44)43-19-10-12-21-45(43)51/h3-12,14-33H,2,13H2,1H3. The lowest BCUT2D eigenvalue weighted by molar-refractivity contribution is 0.922. The van der Waals surface area contributed by atoms with Crippen LogP contribution in [0.2, 0.25) is 0 Å². The Balaban J connectivity index is 1.10. The highest BCUT2D eigenvalue weighted by atomic mass is 15.3. The van der Waals surface area contributed by atoms with E-state index in [4.69, 9.17) is 10.2 Å². The normalized spacial score (nSPS) is 11.3. The van der Waals surface area contributed by atoms with Gasteiger partial charge in [-0.2, -0.15) is 0 Å². The molecule has 0 atom stereocenters. The van der Waals surface area contributed by atoms with E-state index in [1.165, 1.54) is 27.4 Å². The predicted octanol–water partition coefficient (Wildman–Crippen LogP) is 12.1. The molecule has 0 spiro atoms. The minimum absolute atomic E-state index is 0.798. The third-order valence-electron chi connectivity index (χ3n) is 9.77. The molecule has 9 aromatic rings. The van der Waals surface area contributed by atoms with E-state index in [2.05, 4.69) is 197 Å². The van der Waals surface area contributed by atoms with Gasteiger partial charge in [0.2, 0.25) is 0 Å². The highest BCUT2D eigenvalue weighted by molar-refractivity contribution is 6.09. The number of rotatable bonds is 9. The smallest absolute Gasteiger partial charge is 0.168 e. The van der Waals surface area contributed by atoms with Gasteiger partial charge in [-0.25, -0.2) is 0 Å². The molecule has 2 heterocycles. The van der Waals surface area contributed by atoms with Crippen LogP contribution in [-0.2, 0) is 6.42 Å². The number of anilines is 3. The molecule has 5 nitrogen and oxygen atoms in total. The van der Waals surface area contributed by atoms with Gasteiger partial charge < -0.3 is 9.47 Å². The monoisotopic (exact) mass is 671 g/mol. The van der Waals surface area contributed by atoms with Gasteiger partial charge in [-0.3, -0.25) is 4.57 Å². The largest absolute Gasteiger partial charge is 0.311 e. The van der Waals surface area contributed by atoms with Gasteiger partial charge in [0.25, 0.3) is 0 Å². The molecule has 0 fully saturated rings. The Kier molecular flexibility index (Phi) is 8.14. The maximum absolute atomic E-state index is 4.76. The summed E-state index contributed by atoms with van der Waals surface area (Å²) >= 11 is 0. The zero-order valence-corrected chi connectivity index (χ0v) is 29.0. The first-order valence-corrected chi connectivity index (χ1v) is 17.9. The molecule has 0 aliphatic carbocycles. The average Bonchev–Trinajstić information content (AvgIpc) is 3.80. The summed E-state index contributed by atoms with van der Waals surface area (Å²) in [5, 5.41) is 12.0. The molecule has 7 aromatic carbocycles. The van der Waals surface area contributed by atoms with Gasteiger partial charge in [0.05, 0.1) is 11.0 Å². The highest BCUT2D eigenvalue weighted by Gasteiger charge is 2.19. The molecule has 0 aliphatic rings. The molecule has 52 heavy (non-hydrogen) atoms. The summed E-state index contributed by atoms with van der Waals surface area (Å²) in [5.74, 6) is 1.62. The fourth-order valence-electron chi connectivity index (χ4n) is 7.32. The summed E-state index contributed by atoms with van der Waals surface area (Å²) in [7, 11) is 0. The van der Waals surface area contributed by atoms with Crippen LogP contribution in [0.15, 0.2) is 182 Å². The zero-order chi connectivity index (χ0) is 34.9. The molecule has 250 valence electrons. The van der Waals surface area contributed by atoms with E-state index in [-0.39, 0.29) is 0 Å². The zero-order valence-electron chi connectivity index (χ0n) is 29.0. The summed E-state index contributed by atoms with van der Waals surface area (Å²) < 4.78 is 4.51. The molecule has 0 N–H and O–H groups in total. The number of benzene rings is 7. The Morgan fingerprint density at radius 3 is 1.42 bits per heavy atom. The molecule has 2 aromatic heterocycles. The van der Waals surface area contributed by atoms with Crippen molar-refractivity contribution >= 4 is 38.9 Å². The molecule has 0 bridgehead atoms. The Labute approximate surface area is 303 Å². The van der Waals surface area contributed by atoms with E-state index < -0.39 is 0 Å². The maximum atomic E-state index is 4.76. The van der Waals surface area contributed by atoms with Crippen LogP contribution in [0, 0.1) is 0 Å². The number of aryl methyl sites for hydroxylation is 1. The molecule has 5 heteroatoms. The number of para-hydroxylation sites is 4. The lowest BCUT2D eigenvalue weighted by atomic mass is 10.1. The molecule has 9 rings (SSSR count). The molecule has 0 unspecified atom stereocenters. The van der Waals surface area contributed by atoms with Crippen LogP contribution in [0.5, 0.6) is 0 Å². The van der Waals surface area contributed by atoms with Crippen LogP contribution < -0.4 is 4.90 Å². The van der Waals surface area contributed by atoms with E-state index >= 15 is 0 Å². The number of nitrogens with zero attached hydrogens (tertiary/aromatic N) is 5. The Morgan fingerprint density at radius 1 is 0.423 bits per heavy atom. The number of fused-ring (bicyclic) bond motifs is 3. The van der Waals surface area contributed by atoms with Gasteiger partial charge in [-0.15, -0.1) is 10.2 Å². The minimum atomic E-state index is 0.798. The summed E-state index contributed by atoms with van der Waals surface area (Å²) in [6.07, 6.45) is 2.18. The average molecular weight is 672 g/mol. The van der Waals surface area contributed by atoms with Crippen LogP contribution >= 0.6 is 0 Å². The van der Waals surface area contributed by atoms with E-state index in [0.717, 1.165) is 64.1 Å². The first-order chi connectivity index (χ1) is 25.8. The maximum Gasteiger partial charge on any atom is 0.168 e. The van der Waals surface area contributed by atoms with E-state index in [9.17, 15) is 0 Å². The summed E-state index contributed by atoms with van der Waals surface area (Å²) in [6, 6.07) is 64.4. The second-order valence-corrected chi connectivity index (χ2v) is 13.1. The second-order valence-electron chi connectivity index (χ2n) is 13.1. The molecule has 0 aliphatic heterocycles. The van der Waals surface area contributed by atoms with Crippen molar-refractivity contribution in [1.29, 1.82) is 0 Å². The SMILES string of the molecule is CCCc1ccc(-c2nnc(-c3ccc(N(c4ccccc4)c4ccc(-n5c6ccccc6c6ccccc65)cc4)cc3)n2-c2ccccc2)cc1. The van der Waals surface area contributed by atoms with Crippen molar-refractivity contribution < 1.29 is 0 Å². The summed E-state index contributed by atoms with van der Waals surface area (Å²) in [6.45, 7) is 2.21. The third-order valence-corrected chi connectivity index (χ3v) is 9.77. The molecular formula is C47H37N5. The topological polar surface area (TPSA) is 38.9 Å². The van der Waals surface area contributed by atoms with Gasteiger partial charge in [0, 0.05) is 50.3 Å². The van der Waals surface area contributed by atoms with Crippen LogP contribution in [0.3, 0.4) is 0 Å². The van der Waals surface area contributed by atoms with E-state index in [1.807, 2.05) is 6.07 Å². The lowest BCUT2D eigenvalue weighted by Gasteiger charge is -2.26. The Hall–Kier alpha value is -6.72. The second kappa shape index (κ2) is 13.5. The van der Waals surface area contributed by atoms with Crippen LogP contribution in [0.4, 0.5) is 17.1 Å². The fourth-order valence-corrected chi connectivity index (χ4v) is 7.32. The van der Waals surface area contributed by atoms with Crippen molar-refractivity contribution in [3.8, 4) is 34.2 Å². The molecule has 0 saturated heterocycles. The minimum Gasteiger partial charge on any atom is -0.311 e. The van der Waals surface area contributed by atoms with Crippen molar-refractivity contribution in [3.63, 3.8) is 0 Å². The predicted molar refractivity (Wildman–Crippen MR) is 215 cm³/mol. The summed E-state index contributed by atoms with van der Waals surface area (Å²) in [5.41, 5.74) is 11.1. The van der Waals surface area contributed by atoms with Crippen LogP contribution in [0.1, 0.15) is 18.9 Å². The number of hydrogen-bond donors (Lipinski definition) is 0. The Bertz CT molecular complexity index is 2550. The highest BCUT2D eigenvalue weighted by Crippen LogP contribution is 2.38. The number of aromatic nitrogens is 4.